The smallest absolute Gasteiger partial charge is 0.321 e. The van der Waals surface area contributed by atoms with Gasteiger partial charge >= 0.3 is 6.03 Å². The Kier molecular flexibility index (Phi) is 5.22. The lowest BCUT2D eigenvalue weighted by Gasteiger charge is -2.37. The van der Waals surface area contributed by atoms with Crippen LogP contribution in [0.2, 0.25) is 0 Å². The molecule has 5 heteroatoms. The summed E-state index contributed by atoms with van der Waals surface area (Å²) in [4.78, 5) is 16.5. The summed E-state index contributed by atoms with van der Waals surface area (Å²) in [6.45, 7) is 7.34. The Balaban J connectivity index is 1.60. The van der Waals surface area contributed by atoms with E-state index in [0.717, 1.165) is 13.1 Å². The number of piperazine rings is 1. The zero-order chi connectivity index (χ0) is 17.8. The van der Waals surface area contributed by atoms with Gasteiger partial charge in [-0.05, 0) is 41.8 Å². The fraction of sp³-hybridized carbons (Fsp3) is 0.350. The van der Waals surface area contributed by atoms with Crippen molar-refractivity contribution in [1.82, 2.24) is 4.90 Å². The van der Waals surface area contributed by atoms with Gasteiger partial charge in [-0.1, -0.05) is 32.0 Å². The highest BCUT2D eigenvalue weighted by atomic mass is 19.1. The first-order valence-electron chi connectivity index (χ1n) is 8.70. The van der Waals surface area contributed by atoms with Crippen molar-refractivity contribution in [3.8, 4) is 0 Å². The van der Waals surface area contributed by atoms with Crippen LogP contribution in [0, 0.1) is 5.82 Å². The minimum absolute atomic E-state index is 0.136. The monoisotopic (exact) mass is 341 g/mol. The molecule has 1 heterocycles. The zero-order valence-electron chi connectivity index (χ0n) is 14.7. The van der Waals surface area contributed by atoms with Crippen molar-refractivity contribution in [2.75, 3.05) is 36.4 Å². The van der Waals surface area contributed by atoms with E-state index in [9.17, 15) is 9.18 Å². The molecule has 1 N–H and O–H groups in total. The Bertz CT molecular complexity index is 722. The van der Waals surface area contributed by atoms with Gasteiger partial charge in [0.15, 0.2) is 0 Å². The van der Waals surface area contributed by atoms with Crippen LogP contribution in [0.5, 0.6) is 0 Å². The fourth-order valence-electron chi connectivity index (χ4n) is 3.15. The molecule has 4 nitrogen and oxygen atoms in total. The quantitative estimate of drug-likeness (QED) is 0.903. The van der Waals surface area contributed by atoms with Crippen LogP contribution in [0.1, 0.15) is 25.3 Å². The van der Waals surface area contributed by atoms with Gasteiger partial charge in [-0.15, -0.1) is 0 Å². The van der Waals surface area contributed by atoms with Gasteiger partial charge in [0.25, 0.3) is 0 Å². The number of nitrogens with one attached hydrogen (secondary N) is 1. The van der Waals surface area contributed by atoms with Crippen LogP contribution >= 0.6 is 0 Å². The number of amides is 2. The highest BCUT2D eigenvalue weighted by Gasteiger charge is 2.23. The van der Waals surface area contributed by atoms with E-state index in [1.165, 1.54) is 23.4 Å². The number of nitrogens with zero attached hydrogens (tertiary/aromatic N) is 2. The lowest BCUT2D eigenvalue weighted by molar-refractivity contribution is 0.208. The molecule has 1 fully saturated rings. The Morgan fingerprint density at radius 1 is 1.00 bits per heavy atom. The number of halogens is 1. The first-order valence-corrected chi connectivity index (χ1v) is 8.70. The number of hydrogen-bond donors (Lipinski definition) is 1. The second-order valence-corrected chi connectivity index (χ2v) is 6.62. The molecule has 0 atom stereocenters. The predicted molar refractivity (Wildman–Crippen MR) is 99.7 cm³/mol. The molecule has 0 unspecified atom stereocenters. The molecule has 1 saturated heterocycles. The van der Waals surface area contributed by atoms with Gasteiger partial charge in [0.2, 0.25) is 0 Å². The lowest BCUT2D eigenvalue weighted by Crippen LogP contribution is -2.50. The van der Waals surface area contributed by atoms with E-state index in [2.05, 4.69) is 48.3 Å². The standard InChI is InChI=1S/C20H24FN3O/c1-15(2)18-5-3-4-6-19(18)23-11-13-24(14-12-23)20(25)22-17-9-7-16(21)8-10-17/h3-10,15H,11-14H2,1-2H3,(H,22,25). The van der Waals surface area contributed by atoms with E-state index >= 15 is 0 Å². The van der Waals surface area contributed by atoms with Gasteiger partial charge < -0.3 is 15.1 Å². The van der Waals surface area contributed by atoms with E-state index in [0.29, 0.717) is 24.7 Å². The molecule has 0 radical (unpaired) electrons. The average Bonchev–Trinajstić information content (AvgIpc) is 2.63. The fourth-order valence-corrected chi connectivity index (χ4v) is 3.15. The van der Waals surface area contributed by atoms with E-state index in [-0.39, 0.29) is 11.8 Å². The SMILES string of the molecule is CC(C)c1ccccc1N1CCN(C(=O)Nc2ccc(F)cc2)CC1. The second-order valence-electron chi connectivity index (χ2n) is 6.62. The van der Waals surface area contributed by atoms with Crippen LogP contribution in [0.15, 0.2) is 48.5 Å². The third kappa shape index (κ3) is 4.10. The van der Waals surface area contributed by atoms with E-state index in [4.69, 9.17) is 0 Å². The summed E-state index contributed by atoms with van der Waals surface area (Å²) in [5.41, 5.74) is 3.21. The predicted octanol–water partition coefficient (Wildman–Crippen LogP) is 4.30. The van der Waals surface area contributed by atoms with Crippen LogP contribution in [0.3, 0.4) is 0 Å². The third-order valence-corrected chi connectivity index (χ3v) is 4.56. The molecule has 0 spiro atoms. The van der Waals surface area contributed by atoms with Gasteiger partial charge in [-0.2, -0.15) is 0 Å². The number of rotatable bonds is 3. The van der Waals surface area contributed by atoms with Crippen LogP contribution < -0.4 is 10.2 Å². The van der Waals surface area contributed by atoms with Crippen LogP contribution in [-0.2, 0) is 0 Å². The summed E-state index contributed by atoms with van der Waals surface area (Å²) in [6, 6.07) is 14.2. The van der Waals surface area contributed by atoms with Crippen molar-refractivity contribution in [2.24, 2.45) is 0 Å². The van der Waals surface area contributed by atoms with Crippen LogP contribution in [0.25, 0.3) is 0 Å². The molecule has 0 saturated carbocycles. The minimum atomic E-state index is -0.310. The molecule has 0 aliphatic carbocycles. The van der Waals surface area contributed by atoms with Gasteiger partial charge in [0.1, 0.15) is 5.82 Å². The van der Waals surface area contributed by atoms with E-state index in [1.54, 1.807) is 17.0 Å². The first kappa shape index (κ1) is 17.3. The summed E-state index contributed by atoms with van der Waals surface area (Å²) in [6.07, 6.45) is 0. The molecule has 0 aromatic heterocycles. The highest BCUT2D eigenvalue weighted by Crippen LogP contribution is 2.28. The normalized spacial score (nSPS) is 14.7. The maximum Gasteiger partial charge on any atom is 0.321 e. The minimum Gasteiger partial charge on any atom is -0.368 e. The molecule has 2 aromatic carbocycles. The summed E-state index contributed by atoms with van der Waals surface area (Å²) in [5, 5.41) is 2.82. The molecular weight excluding hydrogens is 317 g/mol. The number of anilines is 2. The largest absolute Gasteiger partial charge is 0.368 e. The molecule has 132 valence electrons. The maximum absolute atomic E-state index is 12.9. The molecule has 25 heavy (non-hydrogen) atoms. The number of hydrogen-bond acceptors (Lipinski definition) is 2. The Labute approximate surface area is 148 Å². The van der Waals surface area contributed by atoms with E-state index < -0.39 is 0 Å². The summed E-state index contributed by atoms with van der Waals surface area (Å²) < 4.78 is 12.9. The molecule has 3 rings (SSSR count). The van der Waals surface area contributed by atoms with Gasteiger partial charge in [-0.25, -0.2) is 9.18 Å². The van der Waals surface area contributed by atoms with Gasteiger partial charge in [0.05, 0.1) is 0 Å². The van der Waals surface area contributed by atoms with Crippen molar-refractivity contribution in [3.05, 3.63) is 59.9 Å². The third-order valence-electron chi connectivity index (χ3n) is 4.56. The molecule has 0 bridgehead atoms. The Hall–Kier alpha value is -2.56. The number of para-hydroxylation sites is 1. The Morgan fingerprint density at radius 2 is 1.64 bits per heavy atom. The summed E-state index contributed by atoms with van der Waals surface area (Å²) in [5.74, 6) is 0.159. The van der Waals surface area contributed by atoms with Crippen LogP contribution in [0.4, 0.5) is 20.6 Å². The molecule has 1 aliphatic heterocycles. The Morgan fingerprint density at radius 3 is 2.28 bits per heavy atom. The zero-order valence-corrected chi connectivity index (χ0v) is 14.7. The number of carbonyl (C=O) groups is 1. The average molecular weight is 341 g/mol. The second kappa shape index (κ2) is 7.55. The van der Waals surface area contributed by atoms with Crippen molar-refractivity contribution >= 4 is 17.4 Å². The maximum atomic E-state index is 12.9. The summed E-state index contributed by atoms with van der Waals surface area (Å²) in [7, 11) is 0. The van der Waals surface area contributed by atoms with E-state index in [1.807, 2.05) is 0 Å². The molecule has 2 amide bonds. The first-order chi connectivity index (χ1) is 12.0. The topological polar surface area (TPSA) is 35.6 Å². The van der Waals surface area contributed by atoms with Crippen molar-refractivity contribution in [1.29, 1.82) is 0 Å². The van der Waals surface area contributed by atoms with Crippen molar-refractivity contribution < 1.29 is 9.18 Å². The number of benzene rings is 2. The lowest BCUT2D eigenvalue weighted by atomic mass is 10.00. The van der Waals surface area contributed by atoms with Crippen LogP contribution in [-0.4, -0.2) is 37.1 Å². The molecular formula is C20H24FN3O. The molecule has 2 aromatic rings. The van der Waals surface area contributed by atoms with Crippen molar-refractivity contribution in [3.63, 3.8) is 0 Å². The van der Waals surface area contributed by atoms with Gasteiger partial charge in [0, 0.05) is 37.6 Å². The summed E-state index contributed by atoms with van der Waals surface area (Å²) >= 11 is 0. The molecule has 1 aliphatic rings. The van der Waals surface area contributed by atoms with Crippen molar-refractivity contribution in [2.45, 2.75) is 19.8 Å². The van der Waals surface area contributed by atoms with Gasteiger partial charge in [-0.3, -0.25) is 0 Å². The highest BCUT2D eigenvalue weighted by molar-refractivity contribution is 5.89. The number of urea groups is 1. The number of carbonyl (C=O) groups excluding carboxylic acids is 1.